The van der Waals surface area contributed by atoms with Crippen LogP contribution in [0.25, 0.3) is 10.2 Å². The van der Waals surface area contributed by atoms with Gasteiger partial charge in [0.1, 0.15) is 12.3 Å². The molecule has 0 aliphatic rings. The van der Waals surface area contributed by atoms with Crippen LogP contribution in [0.1, 0.15) is 27.2 Å². The van der Waals surface area contributed by atoms with Crippen molar-refractivity contribution in [3.05, 3.63) is 23.0 Å². The topological polar surface area (TPSA) is 69.9 Å². The van der Waals surface area contributed by atoms with Crippen LogP contribution in [0.2, 0.25) is 0 Å². The summed E-state index contributed by atoms with van der Waals surface area (Å²) in [5.41, 5.74) is 0.828. The first-order chi connectivity index (χ1) is 11.1. The quantitative estimate of drug-likeness (QED) is 0.760. The third-order valence-electron chi connectivity index (χ3n) is 3.08. The minimum Gasteiger partial charge on any atom is -0.494 e. The first-order valence-electron chi connectivity index (χ1n) is 7.58. The lowest BCUT2D eigenvalue weighted by molar-refractivity contribution is -0.143. The van der Waals surface area contributed by atoms with Gasteiger partial charge >= 0.3 is 5.97 Å². The Morgan fingerprint density at radius 1 is 1.22 bits per heavy atom. The number of hydrogen-bond donors (Lipinski definition) is 0. The van der Waals surface area contributed by atoms with Gasteiger partial charge in [-0.2, -0.15) is 4.99 Å². The highest BCUT2D eigenvalue weighted by Crippen LogP contribution is 2.23. The molecule has 0 aliphatic carbocycles. The van der Waals surface area contributed by atoms with Gasteiger partial charge in [0.15, 0.2) is 4.80 Å². The van der Waals surface area contributed by atoms with Crippen molar-refractivity contribution < 1.29 is 19.1 Å². The van der Waals surface area contributed by atoms with Crippen LogP contribution in [0.4, 0.5) is 0 Å². The first kappa shape index (κ1) is 17.2. The van der Waals surface area contributed by atoms with Crippen molar-refractivity contribution in [2.45, 2.75) is 33.7 Å². The number of fused-ring (bicyclic) bond motifs is 1. The molecular weight excluding hydrogens is 316 g/mol. The van der Waals surface area contributed by atoms with Crippen LogP contribution in [-0.4, -0.2) is 29.7 Å². The Morgan fingerprint density at radius 3 is 2.65 bits per heavy atom. The molecule has 0 N–H and O–H groups in total. The van der Waals surface area contributed by atoms with E-state index in [1.54, 1.807) is 18.4 Å². The number of ether oxygens (including phenoxy) is 2. The maximum absolute atomic E-state index is 11.8. The Balaban J connectivity index is 2.54. The second-order valence-electron chi connectivity index (χ2n) is 4.70. The Bertz CT molecular complexity index is 776. The molecule has 6 nitrogen and oxygen atoms in total. The predicted octanol–water partition coefficient (Wildman–Crippen LogP) is 2.50. The summed E-state index contributed by atoms with van der Waals surface area (Å²) in [6.07, 6.45) is 0.317. The molecule has 1 amide bonds. The predicted molar refractivity (Wildman–Crippen MR) is 88.5 cm³/mol. The minimum absolute atomic E-state index is 0.0254. The van der Waals surface area contributed by atoms with Gasteiger partial charge in [0.05, 0.1) is 23.4 Å². The van der Waals surface area contributed by atoms with Gasteiger partial charge in [0.25, 0.3) is 0 Å². The molecule has 0 saturated heterocycles. The summed E-state index contributed by atoms with van der Waals surface area (Å²) in [4.78, 5) is 28.1. The van der Waals surface area contributed by atoms with E-state index in [9.17, 15) is 9.59 Å². The van der Waals surface area contributed by atoms with Crippen LogP contribution in [-0.2, 0) is 20.9 Å². The van der Waals surface area contributed by atoms with Gasteiger partial charge in [-0.3, -0.25) is 9.59 Å². The smallest absolute Gasteiger partial charge is 0.326 e. The number of nitrogens with zero attached hydrogens (tertiary/aromatic N) is 2. The van der Waals surface area contributed by atoms with E-state index in [0.717, 1.165) is 16.0 Å². The zero-order chi connectivity index (χ0) is 16.8. The third kappa shape index (κ3) is 4.19. The van der Waals surface area contributed by atoms with Crippen LogP contribution in [0.15, 0.2) is 23.2 Å². The average molecular weight is 336 g/mol. The monoisotopic (exact) mass is 336 g/mol. The molecule has 1 aromatic carbocycles. The number of carbonyl (C=O) groups is 2. The van der Waals surface area contributed by atoms with E-state index in [1.165, 1.54) is 11.3 Å². The molecule has 0 atom stereocenters. The van der Waals surface area contributed by atoms with Crippen molar-refractivity contribution in [1.29, 1.82) is 0 Å². The van der Waals surface area contributed by atoms with E-state index in [4.69, 9.17) is 9.47 Å². The van der Waals surface area contributed by atoms with Crippen LogP contribution in [0.5, 0.6) is 5.75 Å². The van der Waals surface area contributed by atoms with Gasteiger partial charge in [-0.1, -0.05) is 18.3 Å². The normalized spacial score (nSPS) is 11.7. The Morgan fingerprint density at radius 2 is 2.00 bits per heavy atom. The number of hydrogen-bond acceptors (Lipinski definition) is 5. The van der Waals surface area contributed by atoms with Crippen LogP contribution < -0.4 is 9.54 Å². The largest absolute Gasteiger partial charge is 0.494 e. The van der Waals surface area contributed by atoms with Crippen molar-refractivity contribution in [3.8, 4) is 5.75 Å². The molecule has 0 bridgehead atoms. The summed E-state index contributed by atoms with van der Waals surface area (Å²) in [6, 6.07) is 5.59. The SMILES string of the molecule is CCOC(=O)Cn1c(=NC(=O)CC)sc2cc(OCC)ccc21. The number of aromatic nitrogens is 1. The summed E-state index contributed by atoms with van der Waals surface area (Å²) in [6.45, 7) is 6.34. The lowest BCUT2D eigenvalue weighted by Crippen LogP contribution is -2.23. The fraction of sp³-hybridized carbons (Fsp3) is 0.438. The van der Waals surface area contributed by atoms with Crippen molar-refractivity contribution in [1.82, 2.24) is 4.57 Å². The lowest BCUT2D eigenvalue weighted by Gasteiger charge is -2.06. The number of benzene rings is 1. The lowest BCUT2D eigenvalue weighted by atomic mass is 10.3. The van der Waals surface area contributed by atoms with Crippen LogP contribution in [0.3, 0.4) is 0 Å². The molecule has 124 valence electrons. The van der Waals surface area contributed by atoms with Crippen LogP contribution >= 0.6 is 11.3 Å². The maximum atomic E-state index is 11.8. The molecule has 0 saturated carbocycles. The molecule has 0 spiro atoms. The maximum Gasteiger partial charge on any atom is 0.326 e. The molecule has 0 aliphatic heterocycles. The first-order valence-corrected chi connectivity index (χ1v) is 8.40. The summed E-state index contributed by atoms with van der Waals surface area (Å²) in [5.74, 6) is 0.170. The van der Waals surface area contributed by atoms with Gasteiger partial charge < -0.3 is 14.0 Å². The van der Waals surface area contributed by atoms with Gasteiger partial charge in [-0.25, -0.2) is 0 Å². The van der Waals surface area contributed by atoms with E-state index in [0.29, 0.717) is 24.4 Å². The highest BCUT2D eigenvalue weighted by molar-refractivity contribution is 7.16. The molecule has 1 aromatic heterocycles. The zero-order valence-electron chi connectivity index (χ0n) is 13.5. The van der Waals surface area contributed by atoms with Crippen molar-refractivity contribution in [3.63, 3.8) is 0 Å². The molecule has 0 unspecified atom stereocenters. The zero-order valence-corrected chi connectivity index (χ0v) is 14.3. The summed E-state index contributed by atoms with van der Waals surface area (Å²) >= 11 is 1.36. The summed E-state index contributed by atoms with van der Waals surface area (Å²) in [5, 5.41) is 0. The van der Waals surface area contributed by atoms with E-state index >= 15 is 0 Å². The number of thiazole rings is 1. The molecular formula is C16H20N2O4S. The van der Waals surface area contributed by atoms with Crippen molar-refractivity contribution in [2.75, 3.05) is 13.2 Å². The number of amides is 1. The number of esters is 1. The Kier molecular flexibility index (Phi) is 5.92. The standard InChI is InChI=1S/C16H20N2O4S/c1-4-14(19)17-16-18(10-15(20)22-6-3)12-8-7-11(21-5-2)9-13(12)23-16/h7-9H,4-6,10H2,1-3H3. The van der Waals surface area contributed by atoms with Crippen molar-refractivity contribution >= 4 is 33.4 Å². The summed E-state index contributed by atoms with van der Waals surface area (Å²) < 4.78 is 13.1. The molecule has 7 heteroatoms. The van der Waals surface area contributed by atoms with E-state index < -0.39 is 0 Å². The molecule has 23 heavy (non-hydrogen) atoms. The van der Waals surface area contributed by atoms with Gasteiger partial charge in [-0.05, 0) is 32.0 Å². The second kappa shape index (κ2) is 7.92. The van der Waals surface area contributed by atoms with Crippen LogP contribution in [0, 0.1) is 0 Å². The molecule has 2 rings (SSSR count). The molecule has 0 radical (unpaired) electrons. The summed E-state index contributed by atoms with van der Waals surface area (Å²) in [7, 11) is 0. The molecule has 2 aromatic rings. The van der Waals surface area contributed by atoms with E-state index in [2.05, 4.69) is 4.99 Å². The van der Waals surface area contributed by atoms with Crippen molar-refractivity contribution in [2.24, 2.45) is 4.99 Å². The fourth-order valence-electron chi connectivity index (χ4n) is 2.07. The molecule has 0 fully saturated rings. The molecule has 1 heterocycles. The van der Waals surface area contributed by atoms with Gasteiger partial charge in [0.2, 0.25) is 5.91 Å². The Hall–Kier alpha value is -2.15. The fourth-order valence-corrected chi connectivity index (χ4v) is 3.14. The van der Waals surface area contributed by atoms with E-state index in [-0.39, 0.29) is 18.4 Å². The highest BCUT2D eigenvalue weighted by Gasteiger charge is 2.12. The third-order valence-corrected chi connectivity index (χ3v) is 4.12. The number of carbonyl (C=O) groups excluding carboxylic acids is 2. The second-order valence-corrected chi connectivity index (χ2v) is 5.71. The number of rotatable bonds is 6. The van der Waals surface area contributed by atoms with Gasteiger partial charge in [0, 0.05) is 6.42 Å². The average Bonchev–Trinajstić information content (AvgIpc) is 2.84. The minimum atomic E-state index is -0.355. The van der Waals surface area contributed by atoms with Gasteiger partial charge in [-0.15, -0.1) is 0 Å². The highest BCUT2D eigenvalue weighted by atomic mass is 32.1. The van der Waals surface area contributed by atoms with E-state index in [1.807, 2.05) is 25.1 Å². The Labute approximate surface area is 138 Å².